The second kappa shape index (κ2) is 9.38. The van der Waals surface area contributed by atoms with Crippen LogP contribution < -0.4 is 0 Å². The molecule has 0 aromatic rings. The van der Waals surface area contributed by atoms with E-state index in [1.165, 1.54) is 51.9 Å². The highest BCUT2D eigenvalue weighted by atomic mass is 16.5. The maximum Gasteiger partial charge on any atom is 0.248 e. The van der Waals surface area contributed by atoms with Crippen LogP contribution in [0.2, 0.25) is 0 Å². The molecular weight excluding hydrogens is 266 g/mol. The highest BCUT2D eigenvalue weighted by Gasteiger charge is 2.20. The monoisotopic (exact) mass is 297 g/mol. The van der Waals surface area contributed by atoms with Crippen molar-refractivity contribution in [1.82, 2.24) is 14.7 Å². The lowest BCUT2D eigenvalue weighted by Crippen LogP contribution is -2.50. The van der Waals surface area contributed by atoms with E-state index in [1.807, 2.05) is 11.8 Å². The maximum absolute atomic E-state index is 11.9. The lowest BCUT2D eigenvalue weighted by Gasteiger charge is -2.35. The number of hydrogen-bond donors (Lipinski definition) is 0. The lowest BCUT2D eigenvalue weighted by molar-refractivity contribution is -0.137. The van der Waals surface area contributed by atoms with Crippen molar-refractivity contribution >= 4 is 5.91 Å². The molecule has 0 aromatic heterocycles. The molecule has 2 heterocycles. The summed E-state index contributed by atoms with van der Waals surface area (Å²) in [5.74, 6) is 0.143. The Morgan fingerprint density at radius 1 is 0.905 bits per heavy atom. The third kappa shape index (κ3) is 5.93. The summed E-state index contributed by atoms with van der Waals surface area (Å²) in [6, 6.07) is 0. The summed E-state index contributed by atoms with van der Waals surface area (Å²) in [5.41, 5.74) is 0. The summed E-state index contributed by atoms with van der Waals surface area (Å²) in [4.78, 5) is 18.9. The molecule has 0 unspecified atom stereocenters. The van der Waals surface area contributed by atoms with Crippen LogP contribution in [-0.2, 0) is 9.53 Å². The summed E-state index contributed by atoms with van der Waals surface area (Å²) < 4.78 is 5.20. The van der Waals surface area contributed by atoms with Gasteiger partial charge in [-0.2, -0.15) is 0 Å². The van der Waals surface area contributed by atoms with Crippen LogP contribution >= 0.6 is 0 Å². The molecule has 21 heavy (non-hydrogen) atoms. The van der Waals surface area contributed by atoms with Gasteiger partial charge in [0, 0.05) is 32.8 Å². The maximum atomic E-state index is 11.9. The van der Waals surface area contributed by atoms with Crippen molar-refractivity contribution in [3.05, 3.63) is 0 Å². The summed E-state index contributed by atoms with van der Waals surface area (Å²) in [6.07, 6.45) is 5.42. The molecule has 2 rings (SSSR count). The Bertz CT molecular complexity index is 298. The van der Waals surface area contributed by atoms with Crippen LogP contribution in [0, 0.1) is 0 Å². The topological polar surface area (TPSA) is 36.0 Å². The molecule has 0 atom stereocenters. The average molecular weight is 297 g/mol. The first kappa shape index (κ1) is 16.7. The molecule has 2 aliphatic heterocycles. The third-order valence-electron chi connectivity index (χ3n) is 4.55. The fourth-order valence-corrected chi connectivity index (χ4v) is 3.20. The van der Waals surface area contributed by atoms with E-state index in [0.717, 1.165) is 26.2 Å². The van der Waals surface area contributed by atoms with Crippen LogP contribution in [0.25, 0.3) is 0 Å². The Morgan fingerprint density at radius 2 is 1.52 bits per heavy atom. The number of rotatable bonds is 7. The van der Waals surface area contributed by atoms with Crippen LogP contribution in [0.1, 0.15) is 32.6 Å². The molecule has 1 amide bonds. The minimum Gasteiger partial charge on any atom is -0.372 e. The number of likely N-dealkylation sites (tertiary alicyclic amines) is 1. The smallest absolute Gasteiger partial charge is 0.248 e. The number of carbonyl (C=O) groups is 1. The largest absolute Gasteiger partial charge is 0.372 e. The van der Waals surface area contributed by atoms with Crippen LogP contribution in [-0.4, -0.2) is 86.2 Å². The predicted molar refractivity (Wildman–Crippen MR) is 84.4 cm³/mol. The molecule has 5 nitrogen and oxygen atoms in total. The van der Waals surface area contributed by atoms with Crippen molar-refractivity contribution in [3.63, 3.8) is 0 Å². The van der Waals surface area contributed by atoms with E-state index in [1.54, 1.807) is 0 Å². The van der Waals surface area contributed by atoms with E-state index in [9.17, 15) is 4.79 Å². The zero-order valence-corrected chi connectivity index (χ0v) is 13.6. The van der Waals surface area contributed by atoms with Gasteiger partial charge in [0.15, 0.2) is 0 Å². The minimum atomic E-state index is 0.143. The number of hydrogen-bond acceptors (Lipinski definition) is 4. The fourth-order valence-electron chi connectivity index (χ4n) is 3.20. The zero-order chi connectivity index (χ0) is 14.9. The summed E-state index contributed by atoms with van der Waals surface area (Å²) in [7, 11) is 0. The van der Waals surface area contributed by atoms with Crippen molar-refractivity contribution in [2.24, 2.45) is 0 Å². The summed E-state index contributed by atoms with van der Waals surface area (Å²) in [6.45, 7) is 11.5. The van der Waals surface area contributed by atoms with Gasteiger partial charge in [0.25, 0.3) is 0 Å². The Kier molecular flexibility index (Phi) is 7.47. The first-order valence-electron chi connectivity index (χ1n) is 8.60. The van der Waals surface area contributed by atoms with Gasteiger partial charge in [0.05, 0.1) is 0 Å². The van der Waals surface area contributed by atoms with E-state index >= 15 is 0 Å². The molecule has 5 heteroatoms. The second-order valence-electron chi connectivity index (χ2n) is 6.12. The van der Waals surface area contributed by atoms with Crippen molar-refractivity contribution in [1.29, 1.82) is 0 Å². The molecule has 0 spiro atoms. The lowest BCUT2D eigenvalue weighted by atomic mass is 10.1. The van der Waals surface area contributed by atoms with E-state index < -0.39 is 0 Å². The van der Waals surface area contributed by atoms with E-state index in [4.69, 9.17) is 4.74 Å². The number of amides is 1. The molecule has 0 saturated carbocycles. The quantitative estimate of drug-likeness (QED) is 0.703. The normalized spacial score (nSPS) is 21.7. The van der Waals surface area contributed by atoms with Gasteiger partial charge in [-0.1, -0.05) is 6.42 Å². The van der Waals surface area contributed by atoms with E-state index in [2.05, 4.69) is 9.80 Å². The van der Waals surface area contributed by atoms with Crippen molar-refractivity contribution in [2.45, 2.75) is 32.6 Å². The van der Waals surface area contributed by atoms with Crippen LogP contribution in [0.5, 0.6) is 0 Å². The van der Waals surface area contributed by atoms with Crippen molar-refractivity contribution in [3.8, 4) is 0 Å². The van der Waals surface area contributed by atoms with Crippen LogP contribution in [0.4, 0.5) is 0 Å². The van der Waals surface area contributed by atoms with Gasteiger partial charge in [-0.3, -0.25) is 9.69 Å². The molecule has 0 aliphatic carbocycles. The third-order valence-corrected chi connectivity index (χ3v) is 4.55. The SMILES string of the molecule is CCOCC(=O)N1CCN(CCCN2CCCCC2)CC1. The molecule has 0 N–H and O–H groups in total. The Labute approximate surface area is 129 Å². The highest BCUT2D eigenvalue weighted by molar-refractivity contribution is 5.77. The molecule has 0 bridgehead atoms. The molecule has 2 fully saturated rings. The molecular formula is C16H31N3O2. The van der Waals surface area contributed by atoms with Gasteiger partial charge >= 0.3 is 0 Å². The van der Waals surface area contributed by atoms with Crippen molar-refractivity contribution < 1.29 is 9.53 Å². The minimum absolute atomic E-state index is 0.143. The van der Waals surface area contributed by atoms with Gasteiger partial charge in [0.1, 0.15) is 6.61 Å². The second-order valence-corrected chi connectivity index (χ2v) is 6.12. The number of piperidine rings is 1. The van der Waals surface area contributed by atoms with Gasteiger partial charge < -0.3 is 14.5 Å². The van der Waals surface area contributed by atoms with Crippen molar-refractivity contribution in [2.75, 3.05) is 65.6 Å². The number of ether oxygens (including phenoxy) is 1. The first-order valence-corrected chi connectivity index (χ1v) is 8.60. The average Bonchev–Trinajstić information content (AvgIpc) is 2.54. The zero-order valence-electron chi connectivity index (χ0n) is 13.6. The fraction of sp³-hybridized carbons (Fsp3) is 0.938. The van der Waals surface area contributed by atoms with Gasteiger partial charge in [0.2, 0.25) is 5.91 Å². The Hall–Kier alpha value is -0.650. The van der Waals surface area contributed by atoms with Crippen LogP contribution in [0.3, 0.4) is 0 Å². The summed E-state index contributed by atoms with van der Waals surface area (Å²) in [5, 5.41) is 0. The van der Waals surface area contributed by atoms with E-state index in [-0.39, 0.29) is 12.5 Å². The number of piperazine rings is 1. The summed E-state index contributed by atoms with van der Waals surface area (Å²) >= 11 is 0. The number of carbonyl (C=O) groups excluding carboxylic acids is 1. The predicted octanol–water partition coefficient (Wildman–Crippen LogP) is 1.04. The molecule has 2 aliphatic rings. The Balaban J connectivity index is 1.55. The standard InChI is InChI=1S/C16H31N3O2/c1-2-21-15-16(20)19-13-11-18(12-14-19)10-6-9-17-7-4-3-5-8-17/h2-15H2,1H3. The molecule has 2 saturated heterocycles. The molecule has 0 radical (unpaired) electrons. The first-order chi connectivity index (χ1) is 10.3. The van der Waals surface area contributed by atoms with Gasteiger partial charge in [-0.15, -0.1) is 0 Å². The van der Waals surface area contributed by atoms with E-state index in [0.29, 0.717) is 6.61 Å². The number of nitrogens with zero attached hydrogens (tertiary/aromatic N) is 3. The van der Waals surface area contributed by atoms with Gasteiger partial charge in [-0.05, 0) is 52.4 Å². The molecule has 0 aromatic carbocycles. The van der Waals surface area contributed by atoms with Crippen LogP contribution in [0.15, 0.2) is 0 Å². The molecule has 122 valence electrons. The Morgan fingerprint density at radius 3 is 2.14 bits per heavy atom. The highest BCUT2D eigenvalue weighted by Crippen LogP contribution is 2.09. The van der Waals surface area contributed by atoms with Gasteiger partial charge in [-0.25, -0.2) is 0 Å².